The summed E-state index contributed by atoms with van der Waals surface area (Å²) in [5.74, 6) is 0.200. The Labute approximate surface area is 126 Å². The second-order valence-corrected chi connectivity index (χ2v) is 5.33. The molecule has 0 atom stereocenters. The zero-order valence-electron chi connectivity index (χ0n) is 11.5. The molecule has 0 amide bonds. The molecule has 4 nitrogen and oxygen atoms in total. The van der Waals surface area contributed by atoms with Crippen molar-refractivity contribution >= 4 is 21.6 Å². The average Bonchev–Trinajstić information content (AvgIpc) is 2.43. The molecule has 5 heteroatoms. The molecule has 0 aliphatic rings. The second-order valence-electron chi connectivity index (χ2n) is 4.47. The van der Waals surface area contributed by atoms with E-state index in [9.17, 15) is 5.11 Å². The fourth-order valence-electron chi connectivity index (χ4n) is 1.93. The molecule has 0 unspecified atom stereocenters. The highest BCUT2D eigenvalue weighted by molar-refractivity contribution is 9.10. The highest BCUT2D eigenvalue weighted by atomic mass is 79.9. The molecule has 1 heterocycles. The predicted molar refractivity (Wildman–Crippen MR) is 82.8 cm³/mol. The summed E-state index contributed by atoms with van der Waals surface area (Å²) < 4.78 is 6.20. The largest absolute Gasteiger partial charge is 0.506 e. The first-order chi connectivity index (χ1) is 9.61. The number of anilines is 1. The lowest BCUT2D eigenvalue weighted by atomic mass is 10.2. The van der Waals surface area contributed by atoms with E-state index >= 15 is 0 Å². The monoisotopic (exact) mass is 336 g/mol. The molecule has 20 heavy (non-hydrogen) atoms. The van der Waals surface area contributed by atoms with Gasteiger partial charge in [0.1, 0.15) is 11.4 Å². The molecule has 2 rings (SSSR count). The topological polar surface area (TPSA) is 54.4 Å². The van der Waals surface area contributed by atoms with Crippen LogP contribution in [0.25, 0.3) is 0 Å². The summed E-state index contributed by atoms with van der Waals surface area (Å²) in [5, 5.41) is 13.1. The van der Waals surface area contributed by atoms with E-state index in [-0.39, 0.29) is 5.75 Å². The van der Waals surface area contributed by atoms with Gasteiger partial charge in [-0.25, -0.2) is 0 Å². The lowest BCUT2D eigenvalue weighted by Gasteiger charge is -2.13. The van der Waals surface area contributed by atoms with E-state index in [0.29, 0.717) is 18.8 Å². The third kappa shape index (κ3) is 3.49. The van der Waals surface area contributed by atoms with Gasteiger partial charge in [0.2, 0.25) is 0 Å². The van der Waals surface area contributed by atoms with Gasteiger partial charge in [-0.05, 0) is 31.2 Å². The summed E-state index contributed by atoms with van der Waals surface area (Å²) in [6, 6.07) is 9.35. The molecule has 106 valence electrons. The number of aryl methyl sites for hydroxylation is 1. The Balaban J connectivity index is 2.18. The van der Waals surface area contributed by atoms with Crippen LogP contribution in [0.1, 0.15) is 17.0 Å². The van der Waals surface area contributed by atoms with Crippen molar-refractivity contribution in [2.75, 3.05) is 12.4 Å². The number of benzene rings is 1. The zero-order chi connectivity index (χ0) is 14.5. The number of nitrogens with one attached hydrogen (secondary N) is 1. The molecule has 0 radical (unpaired) electrons. The van der Waals surface area contributed by atoms with Gasteiger partial charge in [0, 0.05) is 28.5 Å². The summed E-state index contributed by atoms with van der Waals surface area (Å²) in [7, 11) is 1.66. The Kier molecular flexibility index (Phi) is 4.98. The number of halogens is 1. The van der Waals surface area contributed by atoms with Crippen LogP contribution in [0.4, 0.5) is 5.69 Å². The van der Waals surface area contributed by atoms with Gasteiger partial charge in [-0.1, -0.05) is 22.0 Å². The SMILES string of the molecule is COCc1c(Br)cccc1NCc1nc(C)ccc1O. The third-order valence-corrected chi connectivity index (χ3v) is 3.69. The smallest absolute Gasteiger partial charge is 0.138 e. The van der Waals surface area contributed by atoms with E-state index in [0.717, 1.165) is 21.4 Å². The molecule has 1 aromatic heterocycles. The minimum absolute atomic E-state index is 0.200. The van der Waals surface area contributed by atoms with Gasteiger partial charge in [-0.3, -0.25) is 4.98 Å². The quantitative estimate of drug-likeness (QED) is 0.875. The van der Waals surface area contributed by atoms with Gasteiger partial charge in [0.15, 0.2) is 0 Å². The highest BCUT2D eigenvalue weighted by Crippen LogP contribution is 2.26. The summed E-state index contributed by atoms with van der Waals surface area (Å²) in [6.07, 6.45) is 0. The van der Waals surface area contributed by atoms with E-state index < -0.39 is 0 Å². The van der Waals surface area contributed by atoms with E-state index in [1.807, 2.05) is 25.1 Å². The molecule has 0 spiro atoms. The van der Waals surface area contributed by atoms with E-state index in [1.165, 1.54) is 0 Å². The Bertz CT molecular complexity index is 602. The number of hydrogen-bond acceptors (Lipinski definition) is 4. The fourth-order valence-corrected chi connectivity index (χ4v) is 2.41. The minimum atomic E-state index is 0.200. The first kappa shape index (κ1) is 14.8. The molecule has 0 saturated heterocycles. The maximum Gasteiger partial charge on any atom is 0.138 e. The standard InChI is InChI=1S/C15H17BrN2O2/c1-10-6-7-15(19)14(18-10)8-17-13-5-3-4-12(16)11(13)9-20-2/h3-7,17,19H,8-9H2,1-2H3. The number of ether oxygens (including phenoxy) is 1. The summed E-state index contributed by atoms with van der Waals surface area (Å²) in [4.78, 5) is 4.33. The zero-order valence-corrected chi connectivity index (χ0v) is 13.1. The van der Waals surface area contributed by atoms with Gasteiger partial charge in [-0.15, -0.1) is 0 Å². The van der Waals surface area contributed by atoms with Crippen molar-refractivity contribution in [2.24, 2.45) is 0 Å². The first-order valence-corrected chi connectivity index (χ1v) is 7.07. The number of methoxy groups -OCH3 is 1. The fraction of sp³-hybridized carbons (Fsp3) is 0.267. The maximum absolute atomic E-state index is 9.80. The van der Waals surface area contributed by atoms with E-state index in [4.69, 9.17) is 4.74 Å². The molecule has 0 fully saturated rings. The first-order valence-electron chi connectivity index (χ1n) is 6.27. The summed E-state index contributed by atoms with van der Waals surface area (Å²) in [6.45, 7) is 2.87. The van der Waals surface area contributed by atoms with Crippen LogP contribution in [-0.4, -0.2) is 17.2 Å². The van der Waals surface area contributed by atoms with Gasteiger partial charge in [0.25, 0.3) is 0 Å². The van der Waals surface area contributed by atoms with Crippen LogP contribution in [-0.2, 0) is 17.9 Å². The van der Waals surface area contributed by atoms with Gasteiger partial charge in [0.05, 0.1) is 13.2 Å². The van der Waals surface area contributed by atoms with Crippen LogP contribution in [0.3, 0.4) is 0 Å². The van der Waals surface area contributed by atoms with Crippen LogP contribution >= 0.6 is 15.9 Å². The number of hydrogen-bond donors (Lipinski definition) is 2. The lowest BCUT2D eigenvalue weighted by Crippen LogP contribution is -2.06. The summed E-state index contributed by atoms with van der Waals surface area (Å²) in [5.41, 5.74) is 3.52. The molecule has 0 aliphatic carbocycles. The Morgan fingerprint density at radius 1 is 1.30 bits per heavy atom. The minimum Gasteiger partial charge on any atom is -0.506 e. The van der Waals surface area contributed by atoms with Crippen LogP contribution in [0, 0.1) is 6.92 Å². The van der Waals surface area contributed by atoms with Crippen molar-refractivity contribution in [3.63, 3.8) is 0 Å². The molecule has 0 bridgehead atoms. The normalized spacial score (nSPS) is 10.6. The highest BCUT2D eigenvalue weighted by Gasteiger charge is 2.08. The molecular weight excluding hydrogens is 320 g/mol. The Morgan fingerprint density at radius 2 is 2.10 bits per heavy atom. The average molecular weight is 337 g/mol. The lowest BCUT2D eigenvalue weighted by molar-refractivity contribution is 0.185. The Morgan fingerprint density at radius 3 is 2.85 bits per heavy atom. The maximum atomic E-state index is 9.80. The van der Waals surface area contributed by atoms with E-state index in [2.05, 4.69) is 26.2 Å². The third-order valence-electron chi connectivity index (χ3n) is 2.94. The van der Waals surface area contributed by atoms with Crippen molar-refractivity contribution in [3.8, 4) is 5.75 Å². The van der Waals surface area contributed by atoms with E-state index in [1.54, 1.807) is 19.2 Å². The number of rotatable bonds is 5. The molecule has 0 saturated carbocycles. The predicted octanol–water partition coefficient (Wildman–Crippen LogP) is 3.62. The Hall–Kier alpha value is -1.59. The van der Waals surface area contributed by atoms with Crippen LogP contribution in [0.15, 0.2) is 34.8 Å². The van der Waals surface area contributed by atoms with Crippen LogP contribution in [0.2, 0.25) is 0 Å². The van der Waals surface area contributed by atoms with Crippen LogP contribution in [0.5, 0.6) is 5.75 Å². The van der Waals surface area contributed by atoms with Gasteiger partial charge < -0.3 is 15.2 Å². The number of nitrogens with zero attached hydrogens (tertiary/aromatic N) is 1. The second kappa shape index (κ2) is 6.72. The molecule has 0 aliphatic heterocycles. The molecule has 2 N–H and O–H groups in total. The number of aromatic hydroxyl groups is 1. The van der Waals surface area contributed by atoms with Crippen LogP contribution < -0.4 is 5.32 Å². The summed E-state index contributed by atoms with van der Waals surface area (Å²) >= 11 is 3.52. The number of pyridine rings is 1. The van der Waals surface area contributed by atoms with Gasteiger partial charge in [-0.2, -0.15) is 0 Å². The molecule has 2 aromatic rings. The number of aromatic nitrogens is 1. The van der Waals surface area contributed by atoms with Crippen molar-refractivity contribution < 1.29 is 9.84 Å². The van der Waals surface area contributed by atoms with Crippen molar-refractivity contribution in [1.29, 1.82) is 0 Å². The van der Waals surface area contributed by atoms with Crippen molar-refractivity contribution in [2.45, 2.75) is 20.1 Å². The van der Waals surface area contributed by atoms with Crippen molar-refractivity contribution in [3.05, 3.63) is 51.8 Å². The molecule has 1 aromatic carbocycles. The molecular formula is C15H17BrN2O2. The van der Waals surface area contributed by atoms with Gasteiger partial charge >= 0.3 is 0 Å². The van der Waals surface area contributed by atoms with Crippen molar-refractivity contribution in [1.82, 2.24) is 4.98 Å².